The smallest absolute Gasteiger partial charge is 0.325 e. The van der Waals surface area contributed by atoms with Crippen LogP contribution in [-0.4, -0.2) is 109 Å². The summed E-state index contributed by atoms with van der Waals surface area (Å²) in [6.45, 7) is 55.1. The van der Waals surface area contributed by atoms with Gasteiger partial charge in [-0.1, -0.05) is 262 Å². The Balaban J connectivity index is 0.000000125. The average molecular weight is 1950 g/mol. The molecule has 7 aromatic rings. The molecule has 8 aliphatic heterocycles. The second kappa shape index (κ2) is 44.5. The third kappa shape index (κ3) is 32.6. The number of benzene rings is 4. The van der Waals surface area contributed by atoms with Gasteiger partial charge in [0.15, 0.2) is 16.5 Å². The number of anilines is 3. The molecule has 24 aliphatic rings. The number of carbonyl (C=O) groups is 1. The summed E-state index contributed by atoms with van der Waals surface area (Å²) >= 11 is 1.89. The number of oxazole rings is 2. The Bertz CT molecular complexity index is 4620. The van der Waals surface area contributed by atoms with Crippen LogP contribution in [0.15, 0.2) is 124 Å². The number of aromatic nitrogens is 3. The summed E-state index contributed by atoms with van der Waals surface area (Å²) in [5.41, 5.74) is 8.13. The summed E-state index contributed by atoms with van der Waals surface area (Å²) in [5.74, 6) is 14.2. The molecule has 24 fully saturated rings. The lowest BCUT2D eigenvalue weighted by Gasteiger charge is -2.56. The average Bonchev–Trinajstić information content (AvgIpc) is 1.15. The maximum absolute atomic E-state index is 12.6. The SMILES string of the molecule is CC(C)(C)C.CC(C)(C)C.CC(C)(C)C.CC(C)(C)C.CC(C)(C)C.CC(C)(C)C.CP(=O)(O)OC12CC3CC(CC(C3)C1)C2.CP(=O)(O)OC1C2CC3CC(C2)CC1C3.O=C(Cc1ccccc1)N1C2CC3CC(C2)CC1C3.c1ccc(-c2cnc(N3C4CC5CC(C4)CC3C5)o2)cc1.c1ccc2oc(N3C4CC5CC(C4)CC3C5)nc2c1.c1ccc2sc(N3C4CC5CC(C4)CC3C5)nc2c1. The number of thiazole rings is 1. The largest absolute Gasteiger partial charge is 0.423 e. The minimum absolute atomic E-state index is 0.0821. The Hall–Kier alpha value is -5.38. The Labute approximate surface area is 840 Å². The van der Waals surface area contributed by atoms with Gasteiger partial charge >= 0.3 is 15.2 Å². The van der Waals surface area contributed by atoms with Crippen LogP contribution < -0.4 is 14.7 Å². The first-order valence-electron chi connectivity index (χ1n) is 54.8. The maximum Gasteiger partial charge on any atom is 0.325 e. The Morgan fingerprint density at radius 1 is 0.377 bits per heavy atom. The molecular formula is C119H187N7O9P2S. The summed E-state index contributed by atoms with van der Waals surface area (Å²) in [4.78, 5) is 55.6. The monoisotopic (exact) mass is 1950 g/mol. The van der Waals surface area contributed by atoms with Crippen molar-refractivity contribution >= 4 is 70.9 Å². The fourth-order valence-electron chi connectivity index (χ4n) is 28.2. The number of piperidine rings is 8. The number of para-hydroxylation sites is 3. The summed E-state index contributed by atoms with van der Waals surface area (Å²) < 4.78 is 47.2. The van der Waals surface area contributed by atoms with E-state index in [9.17, 15) is 23.7 Å². The Morgan fingerprint density at radius 3 is 1.06 bits per heavy atom. The molecule has 19 heteroatoms. The van der Waals surface area contributed by atoms with Gasteiger partial charge in [-0.05, 0) is 350 Å². The van der Waals surface area contributed by atoms with E-state index in [0.29, 0.717) is 92.9 Å². The highest BCUT2D eigenvalue weighted by molar-refractivity contribution is 7.52. The van der Waals surface area contributed by atoms with Crippen molar-refractivity contribution in [2.45, 2.75) is 432 Å². The normalized spacial score (nSPS) is 33.9. The van der Waals surface area contributed by atoms with Crippen molar-refractivity contribution in [3.8, 4) is 11.3 Å². The number of hydrogen-bond donors (Lipinski definition) is 2. The molecule has 31 rings (SSSR count). The quantitative estimate of drug-likeness (QED) is 0.123. The summed E-state index contributed by atoms with van der Waals surface area (Å²) in [5, 5.41) is 1.29. The van der Waals surface area contributed by atoms with Gasteiger partial charge in [0.1, 0.15) is 5.52 Å². The van der Waals surface area contributed by atoms with E-state index < -0.39 is 15.2 Å². The van der Waals surface area contributed by atoms with Gasteiger partial charge in [0.25, 0.3) is 12.0 Å². The number of nitrogens with zero attached hydrogens (tertiary/aromatic N) is 7. The van der Waals surface area contributed by atoms with E-state index in [1.165, 1.54) is 208 Å². The van der Waals surface area contributed by atoms with Crippen molar-refractivity contribution in [3.63, 3.8) is 0 Å². The number of hydrogen-bond acceptors (Lipinski definition) is 14. The van der Waals surface area contributed by atoms with Gasteiger partial charge in [0.2, 0.25) is 5.91 Å². The fourth-order valence-corrected chi connectivity index (χ4v) is 31.0. The molecule has 768 valence electrons. The minimum Gasteiger partial charge on any atom is -0.423 e. The second-order valence-electron chi connectivity index (χ2n) is 56.7. The van der Waals surface area contributed by atoms with Crippen LogP contribution in [0, 0.1) is 121 Å². The maximum atomic E-state index is 12.6. The number of fused-ring (bicyclic) bond motifs is 2. The van der Waals surface area contributed by atoms with Crippen LogP contribution in [-0.2, 0) is 29.4 Å². The number of rotatable bonds is 10. The molecule has 4 aromatic carbocycles. The minimum atomic E-state index is -3.31. The van der Waals surface area contributed by atoms with E-state index in [1.54, 1.807) is 0 Å². The molecule has 24 bridgehead atoms. The standard InChI is InChI=1S/C18H20N2O.C17H21NO.C16H18N2O.C16H18N2S.2C11H19O3P.6C5H12/c1-2-4-14(5-3-1)17-11-19-18(21-17)20-15-7-12-6-13(9-15)10-16(20)8-12;19-17(11-12-4-2-1-3-5-12)18-15-7-13-6-14(9-15)10-16(18)8-13;2*1-2-4-15-14(3-1)17-16(19-15)18-12-6-10-5-11(8-12)9-13(18)7-10;1-15(12,13)14-11-5-8-2-9(6-11)4-10(3-8)7-11;1-15(12,13)14-11-9-3-7-2-8(5-9)6-10(11)4-7;6*1-5(2,3)4/h1-5,11-13,15-16H,6-10H2;1-5,13-16H,6-11H2;2*1-4,10-13H,5-9H2;8-10H,2-7H2,1H3,(H,12,13);7-11H,2-6H2,1H3,(H,12,13);6*1-4H3. The number of carbonyl (C=O) groups excluding carboxylic acids is 1. The van der Waals surface area contributed by atoms with Crippen LogP contribution in [0.4, 0.5) is 17.2 Å². The zero-order valence-corrected chi connectivity index (χ0v) is 93.2. The van der Waals surface area contributed by atoms with Gasteiger partial charge in [-0.15, -0.1) is 0 Å². The van der Waals surface area contributed by atoms with Crippen molar-refractivity contribution in [3.05, 3.63) is 121 Å². The summed E-state index contributed by atoms with van der Waals surface area (Å²) in [6.07, 6.45) is 43.4. The molecule has 16 saturated carbocycles. The van der Waals surface area contributed by atoms with Crippen LogP contribution in [0.5, 0.6) is 0 Å². The van der Waals surface area contributed by atoms with Gasteiger partial charge < -0.3 is 47.3 Å². The lowest BCUT2D eigenvalue weighted by molar-refractivity contribution is -0.148. The zero-order valence-electron chi connectivity index (χ0n) is 90.6. The van der Waals surface area contributed by atoms with E-state index in [4.69, 9.17) is 27.8 Å². The van der Waals surface area contributed by atoms with E-state index in [2.05, 4.69) is 239 Å². The molecule has 2 unspecified atom stereocenters. The fraction of sp³-hybridized carbons (Fsp3) is 0.748. The Kier molecular flexibility index (Phi) is 34.9. The molecule has 138 heavy (non-hydrogen) atoms. The highest BCUT2D eigenvalue weighted by Gasteiger charge is 2.56. The van der Waals surface area contributed by atoms with Crippen LogP contribution in [0.25, 0.3) is 32.6 Å². The second-order valence-corrected chi connectivity index (χ2v) is 61.3. The van der Waals surface area contributed by atoms with E-state index in [1.807, 2.05) is 78.2 Å². The van der Waals surface area contributed by atoms with Gasteiger partial charge in [-0.2, -0.15) is 4.98 Å². The third-order valence-corrected chi connectivity index (χ3v) is 33.0. The molecule has 16 nitrogen and oxygen atoms in total. The highest BCUT2D eigenvalue weighted by atomic mass is 32.1. The topological polar surface area (TPSA) is 188 Å². The summed E-state index contributed by atoms with van der Waals surface area (Å²) in [6, 6.07) is 44.3. The first-order chi connectivity index (χ1) is 64.3. The van der Waals surface area contributed by atoms with Crippen LogP contribution in [0.1, 0.15) is 371 Å². The highest BCUT2D eigenvalue weighted by Crippen LogP contribution is 2.63. The third-order valence-electron chi connectivity index (χ3n) is 30.6. The van der Waals surface area contributed by atoms with Crippen molar-refractivity contribution in [2.75, 3.05) is 28.0 Å². The molecule has 8 saturated heterocycles. The first-order valence-corrected chi connectivity index (χ1v) is 59.6. The van der Waals surface area contributed by atoms with Crippen LogP contribution in [0.3, 0.4) is 0 Å². The molecule has 1 amide bonds. The van der Waals surface area contributed by atoms with Gasteiger partial charge in [-0.25, -0.2) is 9.97 Å². The van der Waals surface area contributed by atoms with Gasteiger partial charge in [0, 0.05) is 67.2 Å². The van der Waals surface area contributed by atoms with E-state index in [-0.39, 0.29) is 11.7 Å². The van der Waals surface area contributed by atoms with Gasteiger partial charge in [-0.3, -0.25) is 13.9 Å². The molecular weight excluding hydrogens is 1770 g/mol. The van der Waals surface area contributed by atoms with Crippen molar-refractivity contribution in [1.29, 1.82) is 0 Å². The lowest BCUT2D eigenvalue weighted by atomic mass is 9.54. The molecule has 16 aliphatic carbocycles. The van der Waals surface area contributed by atoms with Crippen molar-refractivity contribution in [1.82, 2.24) is 19.9 Å². The molecule has 0 radical (unpaired) electrons. The predicted octanol–water partition coefficient (Wildman–Crippen LogP) is 32.5. The van der Waals surface area contributed by atoms with Crippen molar-refractivity contribution < 1.29 is 41.6 Å². The molecule has 2 atom stereocenters. The number of amides is 1. The predicted molar refractivity (Wildman–Crippen MR) is 577 cm³/mol. The van der Waals surface area contributed by atoms with Gasteiger partial charge in [0.05, 0.1) is 34.5 Å². The lowest BCUT2D eigenvalue weighted by Crippen LogP contribution is -2.60. The summed E-state index contributed by atoms with van der Waals surface area (Å²) in [7, 11) is -6.61. The van der Waals surface area contributed by atoms with E-state index >= 15 is 0 Å². The molecule has 0 spiro atoms. The first kappa shape index (κ1) is 108. The van der Waals surface area contributed by atoms with Crippen LogP contribution in [0.2, 0.25) is 0 Å². The molecule has 2 N–H and O–H groups in total. The van der Waals surface area contributed by atoms with Crippen molar-refractivity contribution in [2.24, 2.45) is 121 Å². The Morgan fingerprint density at radius 2 is 0.696 bits per heavy atom. The van der Waals surface area contributed by atoms with E-state index in [0.717, 1.165) is 148 Å². The zero-order chi connectivity index (χ0) is 99.7. The molecule has 11 heterocycles. The molecule has 3 aromatic heterocycles. The van der Waals surface area contributed by atoms with Crippen LogP contribution >= 0.6 is 26.5 Å².